The van der Waals surface area contributed by atoms with E-state index in [1.807, 2.05) is 19.1 Å². The zero-order chi connectivity index (χ0) is 22.6. The Hall–Kier alpha value is -2.99. The molecule has 6 heteroatoms. The normalized spacial score (nSPS) is 17.5. The Morgan fingerprint density at radius 2 is 1.78 bits per heavy atom. The summed E-state index contributed by atoms with van der Waals surface area (Å²) in [5.41, 5.74) is 2.91. The Bertz CT molecular complexity index is 1210. The number of hydrogen-bond donors (Lipinski definition) is 1. The average Bonchev–Trinajstić information content (AvgIpc) is 3.48. The van der Waals surface area contributed by atoms with Crippen molar-refractivity contribution in [2.24, 2.45) is 0 Å². The fourth-order valence-electron chi connectivity index (χ4n) is 4.62. The molecule has 1 aliphatic carbocycles. The first-order chi connectivity index (χ1) is 15.3. The van der Waals surface area contributed by atoms with Crippen LogP contribution in [-0.4, -0.2) is 44.0 Å². The fraction of sp³-hybridized carbons (Fsp3) is 0.346. The number of carbonyl (C=O) groups excluding carboxylic acids is 1. The molecule has 0 radical (unpaired) electrons. The molecule has 1 N–H and O–H groups in total. The Balaban J connectivity index is 1.42. The highest BCUT2D eigenvalue weighted by Crippen LogP contribution is 2.48. The van der Waals surface area contributed by atoms with Crippen molar-refractivity contribution in [2.45, 2.75) is 31.3 Å². The topological polar surface area (TPSA) is 35.6 Å². The monoisotopic (exact) mass is 435 g/mol. The SMILES string of the molecule is Cc1ccc(N2CC(N(C)C)C2)cc1C(=O)NC1(c2ccc(F)c3cc(F)ccc23)CC1. The molecule has 32 heavy (non-hydrogen) atoms. The van der Waals surface area contributed by atoms with Crippen LogP contribution < -0.4 is 10.2 Å². The number of amides is 1. The van der Waals surface area contributed by atoms with E-state index in [9.17, 15) is 13.6 Å². The van der Waals surface area contributed by atoms with Crippen molar-refractivity contribution >= 4 is 22.4 Å². The quantitative estimate of drug-likeness (QED) is 0.637. The Morgan fingerprint density at radius 1 is 1.03 bits per heavy atom. The van der Waals surface area contributed by atoms with E-state index in [0.717, 1.165) is 42.7 Å². The molecule has 4 nitrogen and oxygen atoms in total. The molecule has 166 valence electrons. The summed E-state index contributed by atoms with van der Waals surface area (Å²) in [6.45, 7) is 3.82. The number of carbonyl (C=O) groups is 1. The summed E-state index contributed by atoms with van der Waals surface area (Å²) in [7, 11) is 4.16. The molecule has 1 heterocycles. The molecule has 0 spiro atoms. The van der Waals surface area contributed by atoms with Gasteiger partial charge in [-0.3, -0.25) is 4.79 Å². The van der Waals surface area contributed by atoms with E-state index in [1.54, 1.807) is 12.1 Å². The molecule has 5 rings (SSSR count). The minimum Gasteiger partial charge on any atom is -0.368 e. The summed E-state index contributed by atoms with van der Waals surface area (Å²) in [5, 5.41) is 4.10. The summed E-state index contributed by atoms with van der Waals surface area (Å²) < 4.78 is 28.0. The molecule has 0 unspecified atom stereocenters. The summed E-state index contributed by atoms with van der Waals surface area (Å²) >= 11 is 0. The van der Waals surface area contributed by atoms with Gasteiger partial charge < -0.3 is 15.1 Å². The smallest absolute Gasteiger partial charge is 0.252 e. The third kappa shape index (κ3) is 3.52. The van der Waals surface area contributed by atoms with Crippen LogP contribution in [0.4, 0.5) is 14.5 Å². The third-order valence-electron chi connectivity index (χ3n) is 6.97. The first-order valence-corrected chi connectivity index (χ1v) is 11.0. The van der Waals surface area contributed by atoms with E-state index in [1.165, 1.54) is 18.2 Å². The summed E-state index contributed by atoms with van der Waals surface area (Å²) in [5.74, 6) is -1.07. The van der Waals surface area contributed by atoms with Crippen LogP contribution in [0, 0.1) is 18.6 Å². The van der Waals surface area contributed by atoms with Gasteiger partial charge in [-0.2, -0.15) is 0 Å². The van der Waals surface area contributed by atoms with Gasteiger partial charge in [0.05, 0.1) is 5.54 Å². The Morgan fingerprint density at radius 3 is 2.47 bits per heavy atom. The van der Waals surface area contributed by atoms with Gasteiger partial charge in [0.25, 0.3) is 5.91 Å². The Labute approximate surface area is 186 Å². The summed E-state index contributed by atoms with van der Waals surface area (Å²) in [6, 6.07) is 13.8. The molecule has 3 aromatic rings. The molecule has 0 bridgehead atoms. The van der Waals surface area contributed by atoms with Crippen LogP contribution >= 0.6 is 0 Å². The van der Waals surface area contributed by atoms with Crippen molar-refractivity contribution in [3.8, 4) is 0 Å². The van der Waals surface area contributed by atoms with Gasteiger partial charge in [0.1, 0.15) is 11.6 Å². The number of halogens is 2. The molecule has 2 aliphatic rings. The molecule has 1 aliphatic heterocycles. The van der Waals surface area contributed by atoms with Gasteiger partial charge in [0, 0.05) is 35.8 Å². The van der Waals surface area contributed by atoms with Crippen molar-refractivity contribution in [1.82, 2.24) is 10.2 Å². The molecule has 0 atom stereocenters. The molecule has 2 fully saturated rings. The number of aryl methyl sites for hydroxylation is 1. The van der Waals surface area contributed by atoms with E-state index < -0.39 is 17.2 Å². The van der Waals surface area contributed by atoms with Gasteiger partial charge in [0.2, 0.25) is 0 Å². The summed E-state index contributed by atoms with van der Waals surface area (Å²) in [4.78, 5) is 17.8. The van der Waals surface area contributed by atoms with Gasteiger partial charge >= 0.3 is 0 Å². The maximum absolute atomic E-state index is 14.3. The van der Waals surface area contributed by atoms with E-state index in [-0.39, 0.29) is 11.3 Å². The third-order valence-corrected chi connectivity index (χ3v) is 6.97. The minimum absolute atomic E-state index is 0.133. The van der Waals surface area contributed by atoms with Gasteiger partial charge in [0.15, 0.2) is 0 Å². The molecule has 0 aromatic heterocycles. The zero-order valence-electron chi connectivity index (χ0n) is 18.6. The predicted molar refractivity (Wildman–Crippen MR) is 123 cm³/mol. The lowest BCUT2D eigenvalue weighted by Gasteiger charge is -2.44. The summed E-state index contributed by atoms with van der Waals surface area (Å²) in [6.07, 6.45) is 1.54. The van der Waals surface area contributed by atoms with Gasteiger partial charge in [-0.25, -0.2) is 8.78 Å². The average molecular weight is 436 g/mol. The molecular weight excluding hydrogens is 408 g/mol. The Kier molecular flexibility index (Phi) is 4.93. The molecule has 1 saturated heterocycles. The van der Waals surface area contributed by atoms with Crippen LogP contribution in [0.25, 0.3) is 10.8 Å². The van der Waals surface area contributed by atoms with Crippen molar-refractivity contribution < 1.29 is 13.6 Å². The number of nitrogens with zero attached hydrogens (tertiary/aromatic N) is 2. The lowest BCUT2D eigenvalue weighted by atomic mass is 9.95. The van der Waals surface area contributed by atoms with Crippen molar-refractivity contribution in [2.75, 3.05) is 32.1 Å². The fourth-order valence-corrected chi connectivity index (χ4v) is 4.62. The molecule has 3 aromatic carbocycles. The second-order valence-electron chi connectivity index (χ2n) is 9.34. The van der Waals surface area contributed by atoms with Crippen LogP contribution in [0.1, 0.15) is 34.3 Å². The van der Waals surface area contributed by atoms with Crippen LogP contribution in [0.15, 0.2) is 48.5 Å². The van der Waals surface area contributed by atoms with Gasteiger partial charge in [-0.05, 0) is 80.7 Å². The molecule has 1 amide bonds. The number of anilines is 1. The van der Waals surface area contributed by atoms with E-state index in [4.69, 9.17) is 0 Å². The number of likely N-dealkylation sites (N-methyl/N-ethyl adjacent to an activating group) is 1. The highest BCUT2D eigenvalue weighted by molar-refractivity contribution is 5.98. The van der Waals surface area contributed by atoms with Crippen molar-refractivity contribution in [1.29, 1.82) is 0 Å². The van der Waals surface area contributed by atoms with Crippen LogP contribution in [-0.2, 0) is 5.54 Å². The second-order valence-corrected chi connectivity index (χ2v) is 9.34. The lowest BCUT2D eigenvalue weighted by Crippen LogP contribution is -2.57. The molecular formula is C26H27F2N3O. The first-order valence-electron chi connectivity index (χ1n) is 11.0. The number of hydrogen-bond acceptors (Lipinski definition) is 3. The highest BCUT2D eigenvalue weighted by Gasteiger charge is 2.47. The number of rotatable bonds is 5. The van der Waals surface area contributed by atoms with E-state index in [0.29, 0.717) is 17.0 Å². The maximum atomic E-state index is 14.3. The van der Waals surface area contributed by atoms with Crippen LogP contribution in [0.2, 0.25) is 0 Å². The van der Waals surface area contributed by atoms with Crippen molar-refractivity contribution in [3.05, 3.63) is 76.9 Å². The zero-order valence-corrected chi connectivity index (χ0v) is 18.6. The number of nitrogens with one attached hydrogen (secondary N) is 1. The van der Waals surface area contributed by atoms with Crippen LogP contribution in [0.3, 0.4) is 0 Å². The predicted octanol–water partition coefficient (Wildman–Crippen LogP) is 4.60. The standard InChI is InChI=1S/C26H27F2N3O/c1-16-4-6-18(31-14-19(15-31)30(2)3)13-21(16)25(32)29-26(10-11-26)23-8-9-24(28)22-12-17(27)5-7-20(22)23/h4-9,12-13,19H,10-11,14-15H2,1-3H3,(H,29,32). The minimum atomic E-state index is -0.546. The van der Waals surface area contributed by atoms with Crippen LogP contribution in [0.5, 0.6) is 0 Å². The van der Waals surface area contributed by atoms with Gasteiger partial charge in [-0.1, -0.05) is 18.2 Å². The first kappa shape index (κ1) is 20.9. The second kappa shape index (κ2) is 7.55. The maximum Gasteiger partial charge on any atom is 0.252 e. The largest absolute Gasteiger partial charge is 0.368 e. The number of fused-ring (bicyclic) bond motifs is 1. The highest BCUT2D eigenvalue weighted by atomic mass is 19.1. The van der Waals surface area contributed by atoms with E-state index >= 15 is 0 Å². The van der Waals surface area contributed by atoms with Gasteiger partial charge in [-0.15, -0.1) is 0 Å². The molecule has 1 saturated carbocycles. The van der Waals surface area contributed by atoms with Crippen molar-refractivity contribution in [3.63, 3.8) is 0 Å². The van der Waals surface area contributed by atoms with E-state index in [2.05, 4.69) is 35.3 Å². The lowest BCUT2D eigenvalue weighted by molar-refractivity contribution is 0.0930. The number of benzene rings is 3.